The van der Waals surface area contributed by atoms with Crippen LogP contribution in [0.4, 0.5) is 0 Å². The third-order valence-corrected chi connectivity index (χ3v) is 9.25. The first-order chi connectivity index (χ1) is 20.5. The van der Waals surface area contributed by atoms with Gasteiger partial charge in [0.15, 0.2) is 0 Å². The molecule has 0 aliphatic heterocycles. The molecule has 0 N–H and O–H groups in total. The minimum atomic E-state index is -0.0949. The molecule has 5 nitrogen and oxygen atoms in total. The zero-order valence-electron chi connectivity index (χ0n) is 28.6. The van der Waals surface area contributed by atoms with E-state index in [9.17, 15) is 9.59 Å². The second kappa shape index (κ2) is 27.4. The fourth-order valence-corrected chi connectivity index (χ4v) is 6.39. The van der Waals surface area contributed by atoms with E-state index in [1.165, 1.54) is 142 Å². The highest BCUT2D eigenvalue weighted by Crippen LogP contribution is 2.47. The molecule has 5 heteroatoms. The first kappa shape index (κ1) is 38.9. The number of esters is 2. The summed E-state index contributed by atoms with van der Waals surface area (Å²) >= 11 is 0. The molecule has 0 heterocycles. The van der Waals surface area contributed by atoms with E-state index >= 15 is 0 Å². The smallest absolute Gasteiger partial charge is 0.306 e. The lowest BCUT2D eigenvalue weighted by Gasteiger charge is -2.19. The normalized spacial score (nSPS) is 17.0. The molecule has 3 unspecified atom stereocenters. The van der Waals surface area contributed by atoms with E-state index in [1.807, 2.05) is 0 Å². The van der Waals surface area contributed by atoms with Gasteiger partial charge in [-0.2, -0.15) is 0 Å². The van der Waals surface area contributed by atoms with Gasteiger partial charge < -0.3 is 14.4 Å². The third-order valence-electron chi connectivity index (χ3n) is 9.25. The number of unbranched alkanes of at least 4 members (excludes halogenated alkanes) is 19. The highest BCUT2D eigenvalue weighted by Gasteiger charge is 2.43. The van der Waals surface area contributed by atoms with Crippen LogP contribution in [0.5, 0.6) is 0 Å². The summed E-state index contributed by atoms with van der Waals surface area (Å²) in [6, 6.07) is 0. The number of nitrogens with zero attached hydrogens (tertiary/aromatic N) is 1. The van der Waals surface area contributed by atoms with Gasteiger partial charge >= 0.3 is 11.9 Å². The summed E-state index contributed by atoms with van der Waals surface area (Å²) in [5.74, 6) is 1.23. The monoisotopic (exact) mass is 594 g/mol. The molecule has 3 atom stereocenters. The Morgan fingerprint density at radius 3 is 1.64 bits per heavy atom. The predicted molar refractivity (Wildman–Crippen MR) is 178 cm³/mol. The minimum absolute atomic E-state index is 0.00889. The summed E-state index contributed by atoms with van der Waals surface area (Å²) < 4.78 is 10.8. The molecule has 1 saturated carbocycles. The molecule has 0 bridgehead atoms. The van der Waals surface area contributed by atoms with Crippen LogP contribution in [0.1, 0.15) is 180 Å². The maximum Gasteiger partial charge on any atom is 0.306 e. The molecule has 0 spiro atoms. The van der Waals surface area contributed by atoms with Crippen LogP contribution in [0.25, 0.3) is 0 Å². The van der Waals surface area contributed by atoms with Crippen molar-refractivity contribution in [2.24, 2.45) is 11.8 Å². The molecule has 0 aromatic heterocycles. The van der Waals surface area contributed by atoms with Crippen molar-refractivity contribution in [3.8, 4) is 0 Å². The molecule has 1 aliphatic rings. The van der Waals surface area contributed by atoms with Crippen molar-refractivity contribution in [1.29, 1.82) is 0 Å². The molecule has 0 aromatic rings. The van der Waals surface area contributed by atoms with E-state index in [0.717, 1.165) is 38.1 Å². The second-order valence-electron chi connectivity index (χ2n) is 13.6. The van der Waals surface area contributed by atoms with Crippen molar-refractivity contribution >= 4 is 11.9 Å². The van der Waals surface area contributed by atoms with Crippen LogP contribution in [0.15, 0.2) is 0 Å². The lowest BCUT2D eigenvalue weighted by molar-refractivity contribution is -0.151. The van der Waals surface area contributed by atoms with Gasteiger partial charge in [-0.3, -0.25) is 9.59 Å². The van der Waals surface area contributed by atoms with E-state index in [1.54, 1.807) is 0 Å². The Bertz CT molecular complexity index is 637. The Morgan fingerprint density at radius 1 is 0.643 bits per heavy atom. The van der Waals surface area contributed by atoms with Crippen LogP contribution >= 0.6 is 0 Å². The van der Waals surface area contributed by atoms with E-state index in [2.05, 4.69) is 25.9 Å². The van der Waals surface area contributed by atoms with E-state index in [-0.39, 0.29) is 18.0 Å². The molecule has 0 aromatic carbocycles. The summed E-state index contributed by atoms with van der Waals surface area (Å²) in [5, 5.41) is 0. The molecule has 42 heavy (non-hydrogen) atoms. The van der Waals surface area contributed by atoms with E-state index in [0.29, 0.717) is 18.8 Å². The van der Waals surface area contributed by atoms with E-state index in [4.69, 9.17) is 9.47 Å². The molecule has 1 rings (SSSR count). The number of carbonyl (C=O) groups is 2. The number of hydrogen-bond donors (Lipinski definition) is 0. The number of carbonyl (C=O) groups excluding carboxylic acids is 2. The minimum Gasteiger partial charge on any atom is -0.469 e. The van der Waals surface area contributed by atoms with Crippen molar-refractivity contribution in [1.82, 2.24) is 4.90 Å². The lowest BCUT2D eigenvalue weighted by Crippen LogP contribution is -2.22. The van der Waals surface area contributed by atoms with Gasteiger partial charge in [0.2, 0.25) is 0 Å². The molecule has 1 aliphatic carbocycles. The van der Waals surface area contributed by atoms with Crippen LogP contribution < -0.4 is 0 Å². The summed E-state index contributed by atoms with van der Waals surface area (Å²) in [6.45, 7) is 3.23. The zero-order chi connectivity index (χ0) is 30.7. The predicted octanol–water partition coefficient (Wildman–Crippen LogP) is 10.4. The topological polar surface area (TPSA) is 55.8 Å². The number of hydrogen-bond acceptors (Lipinski definition) is 5. The maximum absolute atomic E-state index is 12.6. The van der Waals surface area contributed by atoms with Gasteiger partial charge in [0.05, 0.1) is 7.11 Å². The van der Waals surface area contributed by atoms with Crippen LogP contribution in [-0.4, -0.2) is 50.7 Å². The summed E-state index contributed by atoms with van der Waals surface area (Å²) in [4.78, 5) is 26.0. The average Bonchev–Trinajstić information content (AvgIpc) is 3.74. The van der Waals surface area contributed by atoms with Gasteiger partial charge in [0.1, 0.15) is 6.10 Å². The zero-order valence-corrected chi connectivity index (χ0v) is 28.6. The number of ether oxygens (including phenoxy) is 2. The first-order valence-corrected chi connectivity index (χ1v) is 18.4. The van der Waals surface area contributed by atoms with Crippen molar-refractivity contribution in [3.05, 3.63) is 0 Å². The molecular formula is C37H71NO4. The molecule has 0 radical (unpaired) electrons. The van der Waals surface area contributed by atoms with Gasteiger partial charge in [-0.15, -0.1) is 0 Å². The first-order valence-electron chi connectivity index (χ1n) is 18.4. The van der Waals surface area contributed by atoms with Crippen LogP contribution in [0.2, 0.25) is 0 Å². The Labute approximate surface area is 261 Å². The molecule has 1 fully saturated rings. The molecule has 0 saturated heterocycles. The quantitative estimate of drug-likeness (QED) is 0.0591. The highest BCUT2D eigenvalue weighted by molar-refractivity contribution is 5.69. The standard InChI is InChI=1S/C37H71NO4/c1-5-6-7-8-9-10-11-12-13-14-15-16-17-18-21-24-28-35(42-37(40)30-26-31-38(2)3)34-32-33(34)27-23-20-19-22-25-29-36(39)41-4/h33-35H,5-32H2,1-4H3. The molecular weight excluding hydrogens is 522 g/mol. The van der Waals surface area contributed by atoms with Crippen molar-refractivity contribution in [3.63, 3.8) is 0 Å². The lowest BCUT2D eigenvalue weighted by atomic mass is 10.0. The summed E-state index contributed by atoms with van der Waals surface area (Å²) in [7, 11) is 5.57. The second-order valence-corrected chi connectivity index (χ2v) is 13.6. The Morgan fingerprint density at radius 2 is 1.12 bits per heavy atom. The average molecular weight is 594 g/mol. The number of rotatable bonds is 31. The van der Waals surface area contributed by atoms with Crippen molar-refractivity contribution in [2.75, 3.05) is 27.7 Å². The highest BCUT2D eigenvalue weighted by atomic mass is 16.5. The van der Waals surface area contributed by atoms with Crippen LogP contribution in [-0.2, 0) is 19.1 Å². The van der Waals surface area contributed by atoms with Gasteiger partial charge in [-0.25, -0.2) is 0 Å². The summed E-state index contributed by atoms with van der Waals surface area (Å²) in [5.41, 5.74) is 0. The Hall–Kier alpha value is -1.10. The van der Waals surface area contributed by atoms with Crippen LogP contribution in [0.3, 0.4) is 0 Å². The SMILES string of the molecule is CCCCCCCCCCCCCCCCCCC(OC(=O)CCCN(C)C)C1CC1CCCCCCCC(=O)OC. The van der Waals surface area contributed by atoms with Crippen molar-refractivity contribution in [2.45, 2.75) is 186 Å². The summed E-state index contributed by atoms with van der Waals surface area (Å²) in [6.07, 6.45) is 33.5. The van der Waals surface area contributed by atoms with Crippen LogP contribution in [0, 0.1) is 11.8 Å². The number of methoxy groups -OCH3 is 1. The molecule has 0 amide bonds. The fourth-order valence-electron chi connectivity index (χ4n) is 6.39. The Balaban J connectivity index is 2.15. The van der Waals surface area contributed by atoms with Gasteiger partial charge in [0.25, 0.3) is 0 Å². The van der Waals surface area contributed by atoms with E-state index < -0.39 is 0 Å². The maximum atomic E-state index is 12.6. The largest absolute Gasteiger partial charge is 0.469 e. The third kappa shape index (κ3) is 23.4. The van der Waals surface area contributed by atoms with Gasteiger partial charge in [0, 0.05) is 12.8 Å². The van der Waals surface area contributed by atoms with Crippen molar-refractivity contribution < 1.29 is 19.1 Å². The fraction of sp³-hybridized carbons (Fsp3) is 0.946. The van der Waals surface area contributed by atoms with Gasteiger partial charge in [-0.05, 0) is 64.6 Å². The Kier molecular flexibility index (Phi) is 25.4. The van der Waals surface area contributed by atoms with Gasteiger partial charge in [-0.1, -0.05) is 135 Å². The molecule has 248 valence electrons.